The number of nitrogens with one attached hydrogen (secondary N) is 1. The van der Waals surface area contributed by atoms with Crippen LogP contribution in [0.4, 0.5) is 4.39 Å². The second-order valence-corrected chi connectivity index (χ2v) is 10.2. The van der Waals surface area contributed by atoms with Gasteiger partial charge in [0.25, 0.3) is 6.01 Å². The van der Waals surface area contributed by atoms with Crippen molar-refractivity contribution in [3.05, 3.63) is 45.9 Å². The molecule has 198 valence electrons. The third-order valence-electron chi connectivity index (χ3n) is 7.28. The number of aliphatic hydroxyl groups is 1. The number of hydrogen-bond acceptors (Lipinski definition) is 8. The van der Waals surface area contributed by atoms with Crippen LogP contribution in [0.3, 0.4) is 0 Å². The van der Waals surface area contributed by atoms with E-state index in [1.165, 1.54) is 6.07 Å². The quantitative estimate of drug-likeness (QED) is 0.403. The molecular weight excluding hydrogens is 505 g/mol. The highest BCUT2D eigenvalue weighted by Crippen LogP contribution is 2.40. The first-order valence-electron chi connectivity index (χ1n) is 12.6. The molecule has 9 nitrogen and oxygen atoms in total. The predicted molar refractivity (Wildman–Crippen MR) is 132 cm³/mol. The van der Waals surface area contributed by atoms with Crippen molar-refractivity contribution in [1.29, 1.82) is 0 Å². The Hall–Kier alpha value is -2.50. The summed E-state index contributed by atoms with van der Waals surface area (Å²) < 4.78 is 43.1. The lowest BCUT2D eigenvalue weighted by Gasteiger charge is -2.15. The summed E-state index contributed by atoms with van der Waals surface area (Å²) in [6.07, 6.45) is 1.06. The molecule has 2 aliphatic heterocycles. The number of H-pyrrole nitrogens is 1. The maximum Gasteiger partial charge on any atom is 0.296 e. The molecule has 0 saturated carbocycles. The van der Waals surface area contributed by atoms with Crippen LogP contribution in [0, 0.1) is 5.82 Å². The standard InChI is InChI=1S/C26H29ClFN3O6/c1-33-5-2-6-34-15-7-13-3-4-14(22(13)17(28)9-15)8-18-16(27)10-19-25(29-18)31-26(30-19)37-21-12-36-23-20(32)11-35-24(21)23/h7,9-10,14,20-21,23-24,32H,2-6,8,11-12H2,1H3,(H,29,30,31)/t14?,20-,21-,23-,24-/m1/s1. The Kier molecular flexibility index (Phi) is 6.93. The van der Waals surface area contributed by atoms with Crippen molar-refractivity contribution in [1.82, 2.24) is 15.0 Å². The fourth-order valence-electron chi connectivity index (χ4n) is 5.52. The van der Waals surface area contributed by atoms with Crippen molar-refractivity contribution in [3.8, 4) is 11.8 Å². The molecule has 6 rings (SSSR count). The molecule has 2 aromatic heterocycles. The molecule has 4 heterocycles. The lowest BCUT2D eigenvalue weighted by molar-refractivity contribution is 0.00706. The monoisotopic (exact) mass is 533 g/mol. The van der Waals surface area contributed by atoms with Crippen LogP contribution in [-0.2, 0) is 27.1 Å². The van der Waals surface area contributed by atoms with E-state index in [0.29, 0.717) is 59.4 Å². The third kappa shape index (κ3) is 4.88. The van der Waals surface area contributed by atoms with Crippen molar-refractivity contribution in [3.63, 3.8) is 0 Å². The normalized spacial score (nSPS) is 26.5. The van der Waals surface area contributed by atoms with Crippen LogP contribution in [0.5, 0.6) is 11.8 Å². The molecule has 5 atom stereocenters. The number of pyridine rings is 1. The summed E-state index contributed by atoms with van der Waals surface area (Å²) in [5, 5.41) is 10.4. The van der Waals surface area contributed by atoms with E-state index in [2.05, 4.69) is 15.0 Å². The Labute approximate surface area is 218 Å². The zero-order chi connectivity index (χ0) is 25.5. The fourth-order valence-corrected chi connectivity index (χ4v) is 5.75. The van der Waals surface area contributed by atoms with Gasteiger partial charge in [0.15, 0.2) is 11.8 Å². The van der Waals surface area contributed by atoms with Crippen LogP contribution in [0.15, 0.2) is 18.2 Å². The highest BCUT2D eigenvalue weighted by Gasteiger charge is 2.48. The van der Waals surface area contributed by atoms with Crippen molar-refractivity contribution in [2.24, 2.45) is 0 Å². The number of rotatable bonds is 9. The summed E-state index contributed by atoms with van der Waals surface area (Å²) in [4.78, 5) is 12.2. The Balaban J connectivity index is 1.16. The highest BCUT2D eigenvalue weighted by atomic mass is 35.5. The summed E-state index contributed by atoms with van der Waals surface area (Å²) in [5.41, 5.74) is 3.45. The van der Waals surface area contributed by atoms with E-state index in [0.717, 1.165) is 24.8 Å². The number of fused-ring (bicyclic) bond motifs is 3. The number of halogens is 2. The minimum atomic E-state index is -0.650. The summed E-state index contributed by atoms with van der Waals surface area (Å²) in [6.45, 7) is 1.61. The maximum atomic E-state index is 15.1. The average molecular weight is 534 g/mol. The number of aliphatic hydroxyl groups excluding tert-OH is 1. The van der Waals surface area contributed by atoms with E-state index in [1.54, 1.807) is 13.2 Å². The molecule has 1 aromatic carbocycles. The first-order chi connectivity index (χ1) is 18.0. The zero-order valence-corrected chi connectivity index (χ0v) is 21.2. The minimum Gasteiger partial charge on any atom is -0.493 e. The van der Waals surface area contributed by atoms with Gasteiger partial charge in [-0.3, -0.25) is 0 Å². The van der Waals surface area contributed by atoms with E-state index < -0.39 is 6.10 Å². The molecule has 11 heteroatoms. The summed E-state index contributed by atoms with van der Waals surface area (Å²) in [7, 11) is 1.64. The van der Waals surface area contributed by atoms with Gasteiger partial charge in [-0.2, -0.15) is 4.98 Å². The number of aromatic nitrogens is 3. The summed E-state index contributed by atoms with van der Waals surface area (Å²) in [6, 6.07) is 5.45. The number of methoxy groups -OCH3 is 1. The smallest absolute Gasteiger partial charge is 0.296 e. The summed E-state index contributed by atoms with van der Waals surface area (Å²) in [5.74, 6) is 0.255. The van der Waals surface area contributed by atoms with Crippen LogP contribution in [0.25, 0.3) is 11.2 Å². The van der Waals surface area contributed by atoms with E-state index in [9.17, 15) is 5.11 Å². The van der Waals surface area contributed by atoms with Gasteiger partial charge in [0.05, 0.1) is 36.1 Å². The molecule has 2 fully saturated rings. The molecule has 3 aliphatic rings. The van der Waals surface area contributed by atoms with E-state index in [-0.39, 0.29) is 42.7 Å². The summed E-state index contributed by atoms with van der Waals surface area (Å²) >= 11 is 6.58. The largest absolute Gasteiger partial charge is 0.493 e. The number of hydrogen-bond donors (Lipinski definition) is 2. The van der Waals surface area contributed by atoms with Gasteiger partial charge in [-0.05, 0) is 48.4 Å². The van der Waals surface area contributed by atoms with Crippen molar-refractivity contribution in [2.45, 2.75) is 56.0 Å². The van der Waals surface area contributed by atoms with Gasteiger partial charge >= 0.3 is 0 Å². The second kappa shape index (κ2) is 10.3. The highest BCUT2D eigenvalue weighted by molar-refractivity contribution is 6.31. The molecular formula is C26H29ClFN3O6. The average Bonchev–Trinajstić information content (AvgIpc) is 3.64. The van der Waals surface area contributed by atoms with Crippen LogP contribution < -0.4 is 9.47 Å². The maximum absolute atomic E-state index is 15.1. The van der Waals surface area contributed by atoms with Crippen molar-refractivity contribution in [2.75, 3.05) is 33.5 Å². The van der Waals surface area contributed by atoms with Gasteiger partial charge < -0.3 is 33.8 Å². The molecule has 2 saturated heterocycles. The number of imidazole rings is 1. The van der Waals surface area contributed by atoms with Crippen LogP contribution in [0.1, 0.15) is 35.6 Å². The first-order valence-corrected chi connectivity index (χ1v) is 12.9. The van der Waals surface area contributed by atoms with Crippen LogP contribution >= 0.6 is 11.6 Å². The Morgan fingerprint density at radius 3 is 2.89 bits per heavy atom. The van der Waals surface area contributed by atoms with Crippen LogP contribution in [0.2, 0.25) is 5.02 Å². The molecule has 0 spiro atoms. The minimum absolute atomic E-state index is 0.0341. The lowest BCUT2D eigenvalue weighted by atomic mass is 9.95. The Morgan fingerprint density at radius 2 is 2.03 bits per heavy atom. The predicted octanol–water partition coefficient (Wildman–Crippen LogP) is 3.34. The molecule has 0 radical (unpaired) electrons. The third-order valence-corrected chi connectivity index (χ3v) is 7.61. The SMILES string of the molecule is COCCCOc1cc(F)c2c(c1)CCC2Cc1nc2nc(O[C@@H]3CO[C@H]4[C@@H]3OC[C@H]4O)[nH]c2cc1Cl. The van der Waals surface area contributed by atoms with Gasteiger partial charge in [-0.25, -0.2) is 9.37 Å². The zero-order valence-electron chi connectivity index (χ0n) is 20.4. The molecule has 1 unspecified atom stereocenters. The van der Waals surface area contributed by atoms with Gasteiger partial charge in [0.1, 0.15) is 29.9 Å². The van der Waals surface area contributed by atoms with Gasteiger partial charge in [-0.15, -0.1) is 0 Å². The second-order valence-electron chi connectivity index (χ2n) is 9.76. The van der Waals surface area contributed by atoms with E-state index >= 15 is 4.39 Å². The number of aromatic amines is 1. The molecule has 1 aliphatic carbocycles. The topological polar surface area (TPSA) is 108 Å². The number of nitrogens with zero attached hydrogens (tertiary/aromatic N) is 2. The molecule has 37 heavy (non-hydrogen) atoms. The number of aryl methyl sites for hydroxylation is 1. The van der Waals surface area contributed by atoms with Crippen LogP contribution in [-0.4, -0.2) is 78.0 Å². The van der Waals surface area contributed by atoms with E-state index in [1.807, 2.05) is 6.07 Å². The fraction of sp³-hybridized carbons (Fsp3) is 0.538. The van der Waals surface area contributed by atoms with Gasteiger partial charge in [0.2, 0.25) is 0 Å². The molecule has 3 aromatic rings. The number of ether oxygens (including phenoxy) is 5. The van der Waals surface area contributed by atoms with Gasteiger partial charge in [0, 0.05) is 26.2 Å². The Bertz CT molecular complexity index is 1290. The molecule has 2 N–H and O–H groups in total. The van der Waals surface area contributed by atoms with Crippen molar-refractivity contribution >= 4 is 22.8 Å². The van der Waals surface area contributed by atoms with Crippen molar-refractivity contribution < 1.29 is 33.2 Å². The van der Waals surface area contributed by atoms with E-state index in [4.69, 9.17) is 35.3 Å². The molecule has 0 bridgehead atoms. The lowest BCUT2D eigenvalue weighted by Crippen LogP contribution is -2.34. The number of benzene rings is 1. The first kappa shape index (κ1) is 24.8. The molecule has 0 amide bonds. The van der Waals surface area contributed by atoms with Gasteiger partial charge in [-0.1, -0.05) is 11.6 Å². The Morgan fingerprint density at radius 1 is 1.16 bits per heavy atom.